The molecule has 0 aliphatic heterocycles. The molecule has 0 radical (unpaired) electrons. The van der Waals surface area contributed by atoms with E-state index in [1.54, 1.807) is 36.5 Å². The molecule has 1 N–H and O–H groups in total. The maximum Gasteiger partial charge on any atom is 0.328 e. The number of carbonyl (C=O) groups excluding carboxylic acids is 2. The second-order valence-corrected chi connectivity index (χ2v) is 8.46. The van der Waals surface area contributed by atoms with Gasteiger partial charge < -0.3 is 14.8 Å². The number of ether oxygens (including phenoxy) is 2. The van der Waals surface area contributed by atoms with E-state index in [-0.39, 0.29) is 17.7 Å². The summed E-state index contributed by atoms with van der Waals surface area (Å²) in [6.07, 6.45) is 1.69. The molecule has 4 rings (SSSR count). The van der Waals surface area contributed by atoms with E-state index in [1.165, 1.54) is 26.4 Å². The molecule has 0 saturated heterocycles. The fourth-order valence-electron chi connectivity index (χ4n) is 4.11. The Bertz CT molecular complexity index is 1550. The lowest BCUT2D eigenvalue weighted by Crippen LogP contribution is -2.43. The molecule has 1 atom stereocenters. The zero-order chi connectivity index (χ0) is 26.5. The van der Waals surface area contributed by atoms with E-state index in [0.29, 0.717) is 27.2 Å². The van der Waals surface area contributed by atoms with Crippen LogP contribution < -0.4 is 10.1 Å². The predicted octanol–water partition coefficient (Wildman–Crippen LogP) is 5.09. The monoisotopic (exact) mass is 517 g/mol. The van der Waals surface area contributed by atoms with Gasteiger partial charge in [0.25, 0.3) is 5.91 Å². The molecule has 1 heterocycles. The molecular formula is C28H21ClFN3O4. The third-order valence-electron chi connectivity index (χ3n) is 5.89. The SMILES string of the molecule is COC(=O)[C@H](Cc1ccc(-c2ccc(C#N)cc2Cl)c2ncccc12)NC(=O)c1c(F)cccc1OC. The second-order valence-electron chi connectivity index (χ2n) is 8.05. The number of rotatable bonds is 7. The zero-order valence-electron chi connectivity index (χ0n) is 19.9. The molecule has 0 unspecified atom stereocenters. The van der Waals surface area contributed by atoms with Gasteiger partial charge in [0, 0.05) is 34.2 Å². The Kier molecular flexibility index (Phi) is 7.66. The van der Waals surface area contributed by atoms with E-state index < -0.39 is 23.7 Å². The van der Waals surface area contributed by atoms with Gasteiger partial charge in [-0.1, -0.05) is 41.9 Å². The third-order valence-corrected chi connectivity index (χ3v) is 6.20. The highest BCUT2D eigenvalue weighted by Gasteiger charge is 2.27. The topological polar surface area (TPSA) is 101 Å². The zero-order valence-corrected chi connectivity index (χ0v) is 20.7. The molecule has 1 aromatic heterocycles. The molecular weight excluding hydrogens is 497 g/mol. The predicted molar refractivity (Wildman–Crippen MR) is 137 cm³/mol. The highest BCUT2D eigenvalue weighted by Crippen LogP contribution is 2.35. The number of methoxy groups -OCH3 is 2. The van der Waals surface area contributed by atoms with Crippen LogP contribution in [0.3, 0.4) is 0 Å². The van der Waals surface area contributed by atoms with Gasteiger partial charge in [-0.15, -0.1) is 0 Å². The van der Waals surface area contributed by atoms with E-state index in [9.17, 15) is 14.0 Å². The van der Waals surface area contributed by atoms with Gasteiger partial charge in [0.05, 0.1) is 31.4 Å². The number of aromatic nitrogens is 1. The largest absolute Gasteiger partial charge is 0.496 e. The highest BCUT2D eigenvalue weighted by atomic mass is 35.5. The fraction of sp³-hybridized carbons (Fsp3) is 0.143. The summed E-state index contributed by atoms with van der Waals surface area (Å²) in [5.74, 6) is -2.24. The Morgan fingerprint density at radius 3 is 2.59 bits per heavy atom. The molecule has 1 amide bonds. The van der Waals surface area contributed by atoms with Crippen LogP contribution >= 0.6 is 11.6 Å². The van der Waals surface area contributed by atoms with Crippen molar-refractivity contribution in [3.63, 3.8) is 0 Å². The van der Waals surface area contributed by atoms with Gasteiger partial charge in [0.1, 0.15) is 23.2 Å². The van der Waals surface area contributed by atoms with Crippen molar-refractivity contribution in [2.75, 3.05) is 14.2 Å². The first-order chi connectivity index (χ1) is 17.9. The standard InChI is InChI=1S/C28H21ClFN3O4/c1-36-24-7-3-6-22(30)25(24)27(34)33-23(28(35)37-2)14-17-9-11-20(26-18(17)5-4-12-32-26)19-10-8-16(15-31)13-21(19)29/h3-13,23H,14H2,1-2H3,(H,33,34)/t23-/m0/s1. The number of hydrogen-bond acceptors (Lipinski definition) is 6. The van der Waals surface area contributed by atoms with Gasteiger partial charge in [-0.25, -0.2) is 9.18 Å². The molecule has 0 fully saturated rings. The first kappa shape index (κ1) is 25.6. The van der Waals surface area contributed by atoms with Gasteiger partial charge in [0.15, 0.2) is 0 Å². The number of halogens is 2. The molecule has 0 aliphatic carbocycles. The van der Waals surface area contributed by atoms with Gasteiger partial charge in [-0.2, -0.15) is 5.26 Å². The van der Waals surface area contributed by atoms with E-state index in [1.807, 2.05) is 12.1 Å². The van der Waals surface area contributed by atoms with E-state index >= 15 is 0 Å². The number of nitrogens with zero attached hydrogens (tertiary/aromatic N) is 2. The minimum absolute atomic E-state index is 0.0411. The maximum absolute atomic E-state index is 14.4. The van der Waals surface area contributed by atoms with E-state index in [0.717, 1.165) is 17.0 Å². The number of hydrogen-bond donors (Lipinski definition) is 1. The lowest BCUT2D eigenvalue weighted by Gasteiger charge is -2.19. The van der Waals surface area contributed by atoms with Crippen LogP contribution in [0.5, 0.6) is 5.75 Å². The molecule has 186 valence electrons. The first-order valence-electron chi connectivity index (χ1n) is 11.2. The van der Waals surface area contributed by atoms with Crippen molar-refractivity contribution in [2.45, 2.75) is 12.5 Å². The lowest BCUT2D eigenvalue weighted by molar-refractivity contribution is -0.142. The normalized spacial score (nSPS) is 11.4. The van der Waals surface area contributed by atoms with Crippen LogP contribution in [0.25, 0.3) is 22.0 Å². The number of carbonyl (C=O) groups is 2. The van der Waals surface area contributed by atoms with Crippen molar-refractivity contribution in [3.8, 4) is 22.9 Å². The van der Waals surface area contributed by atoms with Crippen LogP contribution in [-0.4, -0.2) is 37.1 Å². The van der Waals surface area contributed by atoms with E-state index in [4.69, 9.17) is 26.3 Å². The first-order valence-corrected chi connectivity index (χ1v) is 11.5. The number of benzene rings is 3. The van der Waals surface area contributed by atoms with Crippen LogP contribution in [0.15, 0.2) is 66.9 Å². The van der Waals surface area contributed by atoms with Gasteiger partial charge in [0.2, 0.25) is 0 Å². The van der Waals surface area contributed by atoms with Crippen molar-refractivity contribution < 1.29 is 23.5 Å². The minimum atomic E-state index is -1.12. The fourth-order valence-corrected chi connectivity index (χ4v) is 4.39. The van der Waals surface area contributed by atoms with Crippen molar-refractivity contribution in [3.05, 3.63) is 94.4 Å². The number of nitrogens with one attached hydrogen (secondary N) is 1. The maximum atomic E-state index is 14.4. The summed E-state index contributed by atoms with van der Waals surface area (Å²) in [5, 5.41) is 12.8. The number of fused-ring (bicyclic) bond motifs is 1. The highest BCUT2D eigenvalue weighted by molar-refractivity contribution is 6.33. The summed E-state index contributed by atoms with van der Waals surface area (Å²) < 4.78 is 24.5. The van der Waals surface area contributed by atoms with Crippen molar-refractivity contribution in [2.24, 2.45) is 0 Å². The molecule has 4 aromatic rings. The van der Waals surface area contributed by atoms with E-state index in [2.05, 4.69) is 16.4 Å². The average molecular weight is 518 g/mol. The third kappa shape index (κ3) is 5.22. The minimum Gasteiger partial charge on any atom is -0.496 e. The Balaban J connectivity index is 1.72. The van der Waals surface area contributed by atoms with Crippen LogP contribution in [0, 0.1) is 17.1 Å². The second kappa shape index (κ2) is 11.1. The number of pyridine rings is 1. The Labute approximate surface area is 217 Å². The quantitative estimate of drug-likeness (QED) is 0.343. The molecule has 0 bridgehead atoms. The average Bonchev–Trinajstić information content (AvgIpc) is 2.92. The summed E-state index contributed by atoms with van der Waals surface area (Å²) >= 11 is 6.45. The summed E-state index contributed by atoms with van der Waals surface area (Å²) in [6, 6.07) is 17.2. The summed E-state index contributed by atoms with van der Waals surface area (Å²) in [7, 11) is 2.53. The Morgan fingerprint density at radius 1 is 1.11 bits per heavy atom. The number of esters is 1. The molecule has 0 saturated carbocycles. The smallest absolute Gasteiger partial charge is 0.328 e. The van der Waals surface area contributed by atoms with Crippen LogP contribution in [-0.2, 0) is 16.0 Å². The summed E-state index contributed by atoms with van der Waals surface area (Å²) in [6.45, 7) is 0. The summed E-state index contributed by atoms with van der Waals surface area (Å²) in [5.41, 5.74) is 2.89. The van der Waals surface area contributed by atoms with Crippen LogP contribution in [0.4, 0.5) is 4.39 Å². The lowest BCUT2D eigenvalue weighted by atomic mass is 9.94. The molecule has 3 aromatic carbocycles. The van der Waals surface area contributed by atoms with Gasteiger partial charge >= 0.3 is 5.97 Å². The van der Waals surface area contributed by atoms with Crippen molar-refractivity contribution in [1.82, 2.24) is 10.3 Å². The Hall–Kier alpha value is -4.48. The molecule has 0 aliphatic rings. The molecule has 37 heavy (non-hydrogen) atoms. The van der Waals surface area contributed by atoms with Gasteiger partial charge in [-0.3, -0.25) is 9.78 Å². The summed E-state index contributed by atoms with van der Waals surface area (Å²) in [4.78, 5) is 30.1. The molecule has 7 nitrogen and oxygen atoms in total. The number of amides is 1. The Morgan fingerprint density at radius 2 is 1.89 bits per heavy atom. The molecule has 9 heteroatoms. The van der Waals surface area contributed by atoms with Crippen LogP contribution in [0.1, 0.15) is 21.5 Å². The molecule has 0 spiro atoms. The van der Waals surface area contributed by atoms with Crippen molar-refractivity contribution in [1.29, 1.82) is 5.26 Å². The van der Waals surface area contributed by atoms with Crippen LogP contribution in [0.2, 0.25) is 5.02 Å². The number of nitriles is 1. The van der Waals surface area contributed by atoms with Gasteiger partial charge in [-0.05, 0) is 35.9 Å². The van der Waals surface area contributed by atoms with Crippen molar-refractivity contribution >= 4 is 34.4 Å².